The minimum atomic E-state index is 0.674. The van der Waals surface area contributed by atoms with Crippen LogP contribution in [0.3, 0.4) is 0 Å². The second-order valence-corrected chi connectivity index (χ2v) is 15.3. The third kappa shape index (κ3) is 5.69. The molecule has 0 aliphatic carbocycles. The van der Waals surface area contributed by atoms with Crippen LogP contribution in [0.25, 0.3) is 106 Å². The molecule has 4 heterocycles. The van der Waals surface area contributed by atoms with Gasteiger partial charge in [-0.25, -0.2) is 15.0 Å². The summed E-state index contributed by atoms with van der Waals surface area (Å²) in [7, 11) is 0. The van der Waals surface area contributed by atoms with Gasteiger partial charge in [-0.3, -0.25) is 9.13 Å². The van der Waals surface area contributed by atoms with Crippen LogP contribution in [0, 0.1) is 0 Å². The molecule has 0 saturated heterocycles. The van der Waals surface area contributed by atoms with Crippen molar-refractivity contribution in [1.29, 1.82) is 0 Å². The molecule has 286 valence electrons. The van der Waals surface area contributed by atoms with Crippen molar-refractivity contribution in [2.75, 3.05) is 0 Å². The van der Waals surface area contributed by atoms with Gasteiger partial charge in [-0.15, -0.1) is 0 Å². The maximum Gasteiger partial charge on any atom is 0.165 e. The van der Waals surface area contributed by atoms with Crippen molar-refractivity contribution in [3.8, 4) is 62.4 Å². The molecule has 61 heavy (non-hydrogen) atoms. The fourth-order valence-electron chi connectivity index (χ4n) is 8.97. The van der Waals surface area contributed by atoms with Crippen molar-refractivity contribution in [3.05, 3.63) is 218 Å². The molecule has 8 aromatic carbocycles. The summed E-state index contributed by atoms with van der Waals surface area (Å²) in [6, 6.07) is 76.4. The summed E-state index contributed by atoms with van der Waals surface area (Å²) in [5, 5.41) is 3.45. The summed E-state index contributed by atoms with van der Waals surface area (Å²) in [5.74, 6) is 1.57. The van der Waals surface area contributed by atoms with Gasteiger partial charge in [0, 0.05) is 55.5 Å². The highest BCUT2D eigenvalue weighted by molar-refractivity contribution is 6.25. The molecule has 6 heteroatoms. The number of rotatable bonds is 7. The second-order valence-electron chi connectivity index (χ2n) is 15.3. The average molecular weight is 781 g/mol. The third-order valence-corrected chi connectivity index (χ3v) is 11.6. The molecule has 0 saturated carbocycles. The number of nitrogens with zero attached hydrogens (tertiary/aromatic N) is 6. The SMILES string of the molecule is c1ccc(-c2cc(-c3ccccc3)nc(-c3cccc(-n4c5ccccc5c5c4ccc4c6c(nc(-c7ccccc7)n6-c6ccccc6)n(-c6ccccc6)c45)c3)n2)cc1. The van der Waals surface area contributed by atoms with Crippen molar-refractivity contribution in [1.82, 2.24) is 28.7 Å². The molecule has 0 amide bonds. The summed E-state index contributed by atoms with van der Waals surface area (Å²) in [6.07, 6.45) is 0. The predicted molar refractivity (Wildman–Crippen MR) is 250 cm³/mol. The molecule has 0 aliphatic heterocycles. The molecule has 0 aliphatic rings. The van der Waals surface area contributed by atoms with Crippen LogP contribution in [-0.2, 0) is 0 Å². The van der Waals surface area contributed by atoms with Crippen LogP contribution in [0.4, 0.5) is 0 Å². The highest BCUT2D eigenvalue weighted by Gasteiger charge is 2.26. The largest absolute Gasteiger partial charge is 0.309 e. The smallest absolute Gasteiger partial charge is 0.165 e. The van der Waals surface area contributed by atoms with E-state index in [0.29, 0.717) is 5.82 Å². The highest BCUT2D eigenvalue weighted by atomic mass is 15.2. The minimum absolute atomic E-state index is 0.674. The molecule has 0 unspecified atom stereocenters. The monoisotopic (exact) mass is 780 g/mol. The standard InChI is InChI=1S/C55H36N6/c1-6-19-37(20-7-1)46-36-47(38-21-8-2-9-22-38)57-53(56-46)40-25-18-30-43(35-40)59-48-32-17-16-31-44(48)50-49(59)34-33-45-51(50)60(41-26-12-4-13-27-41)55-52(45)61(42-28-14-5-15-29-42)54(58-55)39-23-10-3-11-24-39/h1-36H. The van der Waals surface area contributed by atoms with Crippen molar-refractivity contribution in [2.24, 2.45) is 0 Å². The van der Waals surface area contributed by atoms with Crippen molar-refractivity contribution >= 4 is 43.9 Å². The Hall–Kier alpha value is -8.35. The lowest BCUT2D eigenvalue weighted by atomic mass is 10.1. The topological polar surface area (TPSA) is 53.5 Å². The van der Waals surface area contributed by atoms with E-state index in [1.165, 1.54) is 0 Å². The Morgan fingerprint density at radius 1 is 0.311 bits per heavy atom. The maximum absolute atomic E-state index is 5.53. The first-order valence-electron chi connectivity index (χ1n) is 20.5. The normalized spacial score (nSPS) is 11.6. The van der Waals surface area contributed by atoms with E-state index in [1.54, 1.807) is 0 Å². The van der Waals surface area contributed by atoms with E-state index in [4.69, 9.17) is 15.0 Å². The van der Waals surface area contributed by atoms with Crippen LogP contribution in [0.5, 0.6) is 0 Å². The molecule has 12 rings (SSSR count). The van der Waals surface area contributed by atoms with Gasteiger partial charge >= 0.3 is 0 Å². The minimum Gasteiger partial charge on any atom is -0.309 e. The van der Waals surface area contributed by atoms with E-state index in [2.05, 4.69) is 220 Å². The quantitative estimate of drug-likeness (QED) is 0.162. The predicted octanol–water partition coefficient (Wildman–Crippen LogP) is 13.5. The van der Waals surface area contributed by atoms with E-state index in [0.717, 1.165) is 100 Å². The van der Waals surface area contributed by atoms with Crippen molar-refractivity contribution < 1.29 is 0 Å². The Balaban J connectivity index is 1.13. The molecule has 4 aromatic heterocycles. The van der Waals surface area contributed by atoms with E-state index >= 15 is 0 Å². The van der Waals surface area contributed by atoms with Gasteiger partial charge in [0.05, 0.1) is 27.9 Å². The van der Waals surface area contributed by atoms with Crippen LogP contribution >= 0.6 is 0 Å². The highest BCUT2D eigenvalue weighted by Crippen LogP contribution is 2.44. The third-order valence-electron chi connectivity index (χ3n) is 11.6. The van der Waals surface area contributed by atoms with E-state index < -0.39 is 0 Å². The first-order chi connectivity index (χ1) is 30.3. The molecule has 0 atom stereocenters. The fraction of sp³-hybridized carbons (Fsp3) is 0. The number of aromatic nitrogens is 6. The summed E-state index contributed by atoms with van der Waals surface area (Å²) in [6.45, 7) is 0. The van der Waals surface area contributed by atoms with Crippen LogP contribution < -0.4 is 0 Å². The Bertz CT molecular complexity index is 3490. The van der Waals surface area contributed by atoms with Crippen LogP contribution in [0.2, 0.25) is 0 Å². The van der Waals surface area contributed by atoms with Crippen LogP contribution in [0.1, 0.15) is 0 Å². The van der Waals surface area contributed by atoms with Crippen molar-refractivity contribution in [3.63, 3.8) is 0 Å². The zero-order chi connectivity index (χ0) is 40.3. The van der Waals surface area contributed by atoms with Gasteiger partial charge in [0.1, 0.15) is 11.3 Å². The summed E-state index contributed by atoms with van der Waals surface area (Å²) >= 11 is 0. The number of imidazole rings is 1. The zero-order valence-corrected chi connectivity index (χ0v) is 33.0. The van der Waals surface area contributed by atoms with E-state index in [1.807, 2.05) is 12.1 Å². The molecule has 0 N–H and O–H groups in total. The second kappa shape index (κ2) is 14.2. The Labute approximate surface area is 351 Å². The molecular formula is C55H36N6. The Morgan fingerprint density at radius 3 is 1.48 bits per heavy atom. The number of benzene rings is 8. The summed E-state index contributed by atoms with van der Waals surface area (Å²) < 4.78 is 7.07. The lowest BCUT2D eigenvalue weighted by Gasteiger charge is -2.13. The molecule has 0 bridgehead atoms. The number of fused-ring (bicyclic) bond motifs is 7. The van der Waals surface area contributed by atoms with Crippen LogP contribution in [-0.4, -0.2) is 28.7 Å². The average Bonchev–Trinajstić information content (AvgIpc) is 4.00. The molecule has 0 radical (unpaired) electrons. The lowest BCUT2D eigenvalue weighted by Crippen LogP contribution is -1.99. The number of hydrogen-bond acceptors (Lipinski definition) is 3. The molecule has 0 fully saturated rings. The number of para-hydroxylation sites is 3. The molecule has 0 spiro atoms. The van der Waals surface area contributed by atoms with Gasteiger partial charge in [0.25, 0.3) is 0 Å². The maximum atomic E-state index is 5.53. The molecule has 6 nitrogen and oxygen atoms in total. The van der Waals surface area contributed by atoms with E-state index in [-0.39, 0.29) is 0 Å². The molecule has 12 aromatic rings. The summed E-state index contributed by atoms with van der Waals surface area (Å²) in [5.41, 5.74) is 14.3. The lowest BCUT2D eigenvalue weighted by molar-refractivity contribution is 1.10. The van der Waals surface area contributed by atoms with Gasteiger partial charge in [-0.2, -0.15) is 0 Å². The van der Waals surface area contributed by atoms with Crippen LogP contribution in [0.15, 0.2) is 218 Å². The molecular weight excluding hydrogens is 745 g/mol. The first kappa shape index (κ1) is 34.7. The first-order valence-corrected chi connectivity index (χ1v) is 20.5. The van der Waals surface area contributed by atoms with Gasteiger partial charge in [-0.05, 0) is 60.7 Å². The van der Waals surface area contributed by atoms with Crippen molar-refractivity contribution in [2.45, 2.75) is 0 Å². The Kier molecular flexibility index (Phi) is 8.06. The Morgan fingerprint density at radius 2 is 0.836 bits per heavy atom. The van der Waals surface area contributed by atoms with Gasteiger partial charge < -0.3 is 4.57 Å². The number of hydrogen-bond donors (Lipinski definition) is 0. The van der Waals surface area contributed by atoms with Gasteiger partial charge in [0.15, 0.2) is 11.5 Å². The zero-order valence-electron chi connectivity index (χ0n) is 33.0. The summed E-state index contributed by atoms with van der Waals surface area (Å²) in [4.78, 5) is 15.9. The van der Waals surface area contributed by atoms with Gasteiger partial charge in [-0.1, -0.05) is 158 Å². The van der Waals surface area contributed by atoms with Gasteiger partial charge in [0.2, 0.25) is 0 Å². The van der Waals surface area contributed by atoms with E-state index in [9.17, 15) is 0 Å². The fourth-order valence-corrected chi connectivity index (χ4v) is 8.97.